The van der Waals surface area contributed by atoms with E-state index in [1.54, 1.807) is 0 Å². The van der Waals surface area contributed by atoms with Crippen molar-refractivity contribution in [2.75, 3.05) is 33.7 Å². The van der Waals surface area contributed by atoms with Crippen LogP contribution in [0.4, 0.5) is 0 Å². The fourth-order valence-electron chi connectivity index (χ4n) is 3.83. The summed E-state index contributed by atoms with van der Waals surface area (Å²) in [5.74, 6) is 1.42. The Hall–Kier alpha value is -0.160. The van der Waals surface area contributed by atoms with Crippen molar-refractivity contribution in [1.29, 1.82) is 0 Å². The molecule has 5 atom stereocenters. The Balaban J connectivity index is 1.92. The maximum absolute atomic E-state index is 9.94. The van der Waals surface area contributed by atoms with Crippen LogP contribution in [0.5, 0.6) is 0 Å². The first-order valence-corrected chi connectivity index (χ1v) is 7.78. The molecule has 0 aromatic carbocycles. The molecule has 0 bridgehead atoms. The van der Waals surface area contributed by atoms with Crippen LogP contribution < -0.4 is 5.73 Å². The zero-order valence-electron chi connectivity index (χ0n) is 12.8. The number of aliphatic hydroxyl groups excluding tert-OH is 1. The largest absolute Gasteiger partial charge is 0.392 e. The average Bonchev–Trinajstić information content (AvgIpc) is 2.63. The molecule has 2 aliphatic rings. The Morgan fingerprint density at radius 3 is 2.68 bits per heavy atom. The van der Waals surface area contributed by atoms with E-state index >= 15 is 0 Å². The van der Waals surface area contributed by atoms with Gasteiger partial charge in [0.15, 0.2) is 0 Å². The van der Waals surface area contributed by atoms with Gasteiger partial charge in [0.25, 0.3) is 0 Å². The first-order chi connectivity index (χ1) is 8.95. The van der Waals surface area contributed by atoms with E-state index in [1.165, 1.54) is 19.3 Å². The van der Waals surface area contributed by atoms with E-state index < -0.39 is 0 Å². The summed E-state index contributed by atoms with van der Waals surface area (Å²) in [6.45, 7) is 5.28. The van der Waals surface area contributed by atoms with E-state index in [0.29, 0.717) is 18.0 Å². The number of aliphatic hydroxyl groups is 1. The molecular weight excluding hydrogens is 238 g/mol. The molecule has 112 valence electrons. The van der Waals surface area contributed by atoms with Crippen LogP contribution >= 0.6 is 0 Å². The van der Waals surface area contributed by atoms with E-state index in [4.69, 9.17) is 5.73 Å². The van der Waals surface area contributed by atoms with Gasteiger partial charge in [-0.05, 0) is 51.6 Å². The van der Waals surface area contributed by atoms with Gasteiger partial charge in [0.2, 0.25) is 0 Å². The Bertz CT molecular complexity index is 285. The highest BCUT2D eigenvalue weighted by Gasteiger charge is 2.35. The van der Waals surface area contributed by atoms with Crippen molar-refractivity contribution in [1.82, 2.24) is 9.80 Å². The number of nitrogens with two attached hydrogens (primary N) is 1. The normalized spacial score (nSPS) is 41.1. The third-order valence-corrected chi connectivity index (χ3v) is 4.85. The summed E-state index contributed by atoms with van der Waals surface area (Å²) in [5.41, 5.74) is 6.30. The Morgan fingerprint density at radius 1 is 1.26 bits per heavy atom. The molecule has 1 saturated carbocycles. The summed E-state index contributed by atoms with van der Waals surface area (Å²) in [6, 6.07) is 0.850. The molecule has 0 spiro atoms. The van der Waals surface area contributed by atoms with Crippen molar-refractivity contribution in [3.05, 3.63) is 0 Å². The van der Waals surface area contributed by atoms with Gasteiger partial charge < -0.3 is 15.7 Å². The highest BCUT2D eigenvalue weighted by atomic mass is 16.3. The second kappa shape index (κ2) is 6.53. The summed E-state index contributed by atoms with van der Waals surface area (Å²) in [6.07, 6.45) is 4.46. The lowest BCUT2D eigenvalue weighted by atomic mass is 9.79. The molecule has 1 heterocycles. The Labute approximate surface area is 117 Å². The molecule has 2 rings (SSSR count). The maximum Gasteiger partial charge on any atom is 0.0682 e. The van der Waals surface area contributed by atoms with E-state index in [2.05, 4.69) is 30.8 Å². The van der Waals surface area contributed by atoms with Crippen molar-refractivity contribution in [3.8, 4) is 0 Å². The lowest BCUT2D eigenvalue weighted by Gasteiger charge is -2.37. The Morgan fingerprint density at radius 2 is 2.00 bits per heavy atom. The van der Waals surface area contributed by atoms with Gasteiger partial charge in [-0.1, -0.05) is 6.92 Å². The van der Waals surface area contributed by atoms with Crippen LogP contribution in [0.1, 0.15) is 32.6 Å². The van der Waals surface area contributed by atoms with E-state index in [0.717, 1.165) is 32.0 Å². The number of hydrogen-bond donors (Lipinski definition) is 2. The molecule has 3 N–H and O–H groups in total. The van der Waals surface area contributed by atoms with Crippen LogP contribution in [0, 0.1) is 11.8 Å². The first kappa shape index (κ1) is 15.2. The van der Waals surface area contributed by atoms with Gasteiger partial charge in [0.05, 0.1) is 6.10 Å². The molecule has 0 amide bonds. The van der Waals surface area contributed by atoms with E-state index in [1.807, 2.05) is 0 Å². The predicted octanol–water partition coefficient (Wildman–Crippen LogP) is 0.747. The standard InChI is InChI=1S/C15H31N3O/c1-11-4-5-15(16)12(6-11)8-18-10-14(19)7-13(18)9-17(2)3/h11-15,19H,4-10,16H2,1-3H3. The van der Waals surface area contributed by atoms with Crippen LogP contribution in [-0.4, -0.2) is 66.8 Å². The van der Waals surface area contributed by atoms with Gasteiger partial charge in [0, 0.05) is 31.7 Å². The van der Waals surface area contributed by atoms with E-state index in [-0.39, 0.29) is 6.10 Å². The van der Waals surface area contributed by atoms with Crippen LogP contribution in [-0.2, 0) is 0 Å². The lowest BCUT2D eigenvalue weighted by molar-refractivity contribution is 0.127. The summed E-state index contributed by atoms with van der Waals surface area (Å²) < 4.78 is 0. The van der Waals surface area contributed by atoms with Gasteiger partial charge in [-0.2, -0.15) is 0 Å². The minimum Gasteiger partial charge on any atom is -0.392 e. The van der Waals surface area contributed by atoms with Crippen molar-refractivity contribution >= 4 is 0 Å². The maximum atomic E-state index is 9.94. The summed E-state index contributed by atoms with van der Waals surface area (Å²) >= 11 is 0. The zero-order chi connectivity index (χ0) is 14.0. The fraction of sp³-hybridized carbons (Fsp3) is 1.00. The second-order valence-electron chi connectivity index (χ2n) is 7.10. The molecule has 19 heavy (non-hydrogen) atoms. The molecule has 0 aromatic rings. The molecule has 1 saturated heterocycles. The predicted molar refractivity (Wildman–Crippen MR) is 79.0 cm³/mol. The molecule has 5 unspecified atom stereocenters. The molecular formula is C15H31N3O. The van der Waals surface area contributed by atoms with Gasteiger partial charge >= 0.3 is 0 Å². The number of rotatable bonds is 4. The molecule has 0 aromatic heterocycles. The summed E-state index contributed by atoms with van der Waals surface area (Å²) in [4.78, 5) is 4.70. The number of β-amino-alcohol motifs (C(OH)–C–C–N with tert-alkyl or cyclic N) is 1. The molecule has 4 nitrogen and oxygen atoms in total. The van der Waals surface area contributed by atoms with Crippen molar-refractivity contribution in [3.63, 3.8) is 0 Å². The summed E-state index contributed by atoms with van der Waals surface area (Å²) in [5, 5.41) is 9.94. The molecule has 1 aliphatic carbocycles. The van der Waals surface area contributed by atoms with Crippen LogP contribution in [0.15, 0.2) is 0 Å². The highest BCUT2D eigenvalue weighted by molar-refractivity contribution is 4.91. The molecule has 1 aliphatic heterocycles. The topological polar surface area (TPSA) is 52.7 Å². The second-order valence-corrected chi connectivity index (χ2v) is 7.10. The Kier molecular flexibility index (Phi) is 5.23. The van der Waals surface area contributed by atoms with Crippen LogP contribution in [0.2, 0.25) is 0 Å². The van der Waals surface area contributed by atoms with Gasteiger partial charge in [-0.3, -0.25) is 4.90 Å². The lowest BCUT2D eigenvalue weighted by Crippen LogP contribution is -2.46. The monoisotopic (exact) mass is 269 g/mol. The van der Waals surface area contributed by atoms with Gasteiger partial charge in [0.1, 0.15) is 0 Å². The van der Waals surface area contributed by atoms with E-state index in [9.17, 15) is 5.11 Å². The van der Waals surface area contributed by atoms with Gasteiger partial charge in [-0.15, -0.1) is 0 Å². The summed E-state index contributed by atoms with van der Waals surface area (Å²) in [7, 11) is 4.22. The SMILES string of the molecule is CC1CCC(N)C(CN2CC(O)CC2CN(C)C)C1. The zero-order valence-corrected chi connectivity index (χ0v) is 12.8. The number of likely N-dealkylation sites (N-methyl/N-ethyl adjacent to an activating group) is 1. The van der Waals surface area contributed by atoms with Crippen molar-refractivity contribution in [2.24, 2.45) is 17.6 Å². The van der Waals surface area contributed by atoms with Crippen LogP contribution in [0.3, 0.4) is 0 Å². The first-order valence-electron chi connectivity index (χ1n) is 7.78. The number of hydrogen-bond acceptors (Lipinski definition) is 4. The molecule has 4 heteroatoms. The third-order valence-electron chi connectivity index (χ3n) is 4.85. The average molecular weight is 269 g/mol. The minimum absolute atomic E-state index is 0.151. The smallest absolute Gasteiger partial charge is 0.0682 e. The minimum atomic E-state index is -0.151. The van der Waals surface area contributed by atoms with Crippen molar-refractivity contribution < 1.29 is 5.11 Å². The molecule has 0 radical (unpaired) electrons. The van der Waals surface area contributed by atoms with Crippen molar-refractivity contribution in [2.45, 2.75) is 50.8 Å². The molecule has 2 fully saturated rings. The highest BCUT2D eigenvalue weighted by Crippen LogP contribution is 2.30. The fourth-order valence-corrected chi connectivity index (χ4v) is 3.83. The van der Waals surface area contributed by atoms with Gasteiger partial charge in [-0.25, -0.2) is 0 Å². The third kappa shape index (κ3) is 4.15. The quantitative estimate of drug-likeness (QED) is 0.791. The number of likely N-dealkylation sites (tertiary alicyclic amines) is 1. The van der Waals surface area contributed by atoms with Crippen LogP contribution in [0.25, 0.3) is 0 Å². The number of nitrogens with zero attached hydrogens (tertiary/aromatic N) is 2.